The van der Waals surface area contributed by atoms with E-state index in [9.17, 15) is 4.79 Å². The van der Waals surface area contributed by atoms with Crippen molar-refractivity contribution >= 4 is 6.29 Å². The molecule has 0 saturated carbocycles. The van der Waals surface area contributed by atoms with Crippen molar-refractivity contribution in [2.75, 3.05) is 0 Å². The summed E-state index contributed by atoms with van der Waals surface area (Å²) in [6.45, 7) is 4.12. The highest BCUT2D eigenvalue weighted by Crippen LogP contribution is 2.22. The first-order valence-corrected chi connectivity index (χ1v) is 5.21. The van der Waals surface area contributed by atoms with Gasteiger partial charge >= 0.3 is 0 Å². The lowest BCUT2D eigenvalue weighted by Gasteiger charge is -1.97. The Morgan fingerprint density at radius 2 is 2.19 bits per heavy atom. The molecule has 3 nitrogen and oxygen atoms in total. The van der Waals surface area contributed by atoms with Gasteiger partial charge in [0.15, 0.2) is 0 Å². The Morgan fingerprint density at radius 3 is 2.81 bits per heavy atom. The number of rotatable bonds is 3. The van der Waals surface area contributed by atoms with Crippen molar-refractivity contribution in [1.29, 1.82) is 0 Å². The Hall–Kier alpha value is -1.90. The third-order valence-electron chi connectivity index (χ3n) is 2.38. The number of aldehydes is 1. The predicted octanol–water partition coefficient (Wildman–Crippen LogP) is 3.28. The van der Waals surface area contributed by atoms with Crippen molar-refractivity contribution in [3.8, 4) is 11.5 Å². The van der Waals surface area contributed by atoms with Crippen LogP contribution in [0.4, 0.5) is 0 Å². The predicted molar refractivity (Wildman–Crippen MR) is 61.4 cm³/mol. The van der Waals surface area contributed by atoms with Gasteiger partial charge in [-0.3, -0.25) is 4.79 Å². The lowest BCUT2D eigenvalue weighted by molar-refractivity contribution is 0.112. The lowest BCUT2D eigenvalue weighted by atomic mass is 10.1. The summed E-state index contributed by atoms with van der Waals surface area (Å²) >= 11 is 0. The van der Waals surface area contributed by atoms with Crippen LogP contribution in [-0.2, 0) is 0 Å². The van der Waals surface area contributed by atoms with Gasteiger partial charge < -0.3 is 4.42 Å². The van der Waals surface area contributed by atoms with Crippen LogP contribution in [0.1, 0.15) is 35.8 Å². The van der Waals surface area contributed by atoms with Crippen molar-refractivity contribution in [2.24, 2.45) is 0 Å². The molecule has 0 N–H and O–H groups in total. The molecule has 82 valence electrons. The smallest absolute Gasteiger partial charge is 0.226 e. The second kappa shape index (κ2) is 4.31. The van der Waals surface area contributed by atoms with Crippen LogP contribution in [-0.4, -0.2) is 11.3 Å². The zero-order chi connectivity index (χ0) is 11.5. The quantitative estimate of drug-likeness (QED) is 0.738. The molecule has 16 heavy (non-hydrogen) atoms. The van der Waals surface area contributed by atoms with Gasteiger partial charge in [0.05, 0.1) is 5.69 Å². The number of oxazole rings is 1. The number of hydrogen-bond acceptors (Lipinski definition) is 3. The Labute approximate surface area is 94.1 Å². The Morgan fingerprint density at radius 1 is 1.38 bits per heavy atom. The molecule has 1 heterocycles. The largest absolute Gasteiger partial charge is 0.444 e. The summed E-state index contributed by atoms with van der Waals surface area (Å²) in [7, 11) is 0. The molecule has 2 aromatic rings. The van der Waals surface area contributed by atoms with Crippen molar-refractivity contribution in [3.63, 3.8) is 0 Å². The normalized spacial score (nSPS) is 10.7. The first kappa shape index (κ1) is 10.6. The summed E-state index contributed by atoms with van der Waals surface area (Å²) in [6.07, 6.45) is 2.48. The van der Waals surface area contributed by atoms with Gasteiger partial charge in [0.2, 0.25) is 5.89 Å². The van der Waals surface area contributed by atoms with Gasteiger partial charge in [-0.2, -0.15) is 0 Å². The molecule has 0 aliphatic carbocycles. The van der Waals surface area contributed by atoms with E-state index in [1.807, 2.05) is 12.1 Å². The molecule has 0 unspecified atom stereocenters. The molecule has 0 aliphatic rings. The first-order valence-electron chi connectivity index (χ1n) is 5.21. The fraction of sp³-hybridized carbons (Fsp3) is 0.231. The third-order valence-corrected chi connectivity index (χ3v) is 2.38. The van der Waals surface area contributed by atoms with Crippen molar-refractivity contribution in [2.45, 2.75) is 19.8 Å². The highest BCUT2D eigenvalue weighted by atomic mass is 16.3. The molecule has 0 amide bonds. The molecule has 0 radical (unpaired) electrons. The van der Waals surface area contributed by atoms with Gasteiger partial charge in [0, 0.05) is 11.1 Å². The van der Waals surface area contributed by atoms with Crippen LogP contribution >= 0.6 is 0 Å². The summed E-state index contributed by atoms with van der Waals surface area (Å²) < 4.78 is 5.38. The molecule has 0 saturated heterocycles. The monoisotopic (exact) mass is 215 g/mol. The topological polar surface area (TPSA) is 43.1 Å². The van der Waals surface area contributed by atoms with E-state index in [2.05, 4.69) is 18.8 Å². The second-order valence-electron chi connectivity index (χ2n) is 3.98. The number of hydrogen-bond donors (Lipinski definition) is 0. The number of carbonyl (C=O) groups is 1. The van der Waals surface area contributed by atoms with Crippen LogP contribution in [0.15, 0.2) is 34.9 Å². The molecule has 0 aliphatic heterocycles. The van der Waals surface area contributed by atoms with Gasteiger partial charge in [-0.1, -0.05) is 26.0 Å². The highest BCUT2D eigenvalue weighted by molar-refractivity contribution is 5.77. The molecule has 2 rings (SSSR count). The van der Waals surface area contributed by atoms with E-state index >= 15 is 0 Å². The maximum absolute atomic E-state index is 10.7. The first-order chi connectivity index (χ1) is 7.70. The van der Waals surface area contributed by atoms with Crippen molar-refractivity contribution in [1.82, 2.24) is 4.98 Å². The summed E-state index contributed by atoms with van der Waals surface area (Å²) in [5, 5.41) is 0. The Balaban J connectivity index is 2.38. The maximum atomic E-state index is 10.7. The summed E-state index contributed by atoms with van der Waals surface area (Å²) in [5.41, 5.74) is 2.38. The number of carbonyl (C=O) groups excluding carboxylic acids is 1. The van der Waals surface area contributed by atoms with Crippen molar-refractivity contribution < 1.29 is 9.21 Å². The minimum Gasteiger partial charge on any atom is -0.444 e. The Kier molecular flexibility index (Phi) is 2.86. The van der Waals surface area contributed by atoms with Gasteiger partial charge in [0.25, 0.3) is 0 Å². The van der Waals surface area contributed by atoms with E-state index in [1.54, 1.807) is 18.4 Å². The molecular formula is C13H13NO2. The van der Waals surface area contributed by atoms with Gasteiger partial charge in [-0.05, 0) is 18.1 Å². The Bertz CT molecular complexity index is 500. The van der Waals surface area contributed by atoms with Gasteiger partial charge in [0.1, 0.15) is 12.5 Å². The summed E-state index contributed by atoms with van der Waals surface area (Å²) in [6, 6.07) is 7.22. The summed E-state index contributed by atoms with van der Waals surface area (Å²) in [5.74, 6) is 0.902. The van der Waals surface area contributed by atoms with Crippen LogP contribution in [0.3, 0.4) is 0 Å². The molecule has 0 bridgehead atoms. The standard InChI is InChI=1S/C13H13NO2/c1-9(2)12-8-16-13(14-12)11-5-3-4-10(6-11)7-15/h3-9H,1-2H3. The average Bonchev–Trinajstić information content (AvgIpc) is 2.78. The number of aromatic nitrogens is 1. The fourth-order valence-electron chi connectivity index (χ4n) is 1.43. The SMILES string of the molecule is CC(C)c1coc(-c2cccc(C=O)c2)n1. The summed E-state index contributed by atoms with van der Waals surface area (Å²) in [4.78, 5) is 15.0. The molecular weight excluding hydrogens is 202 g/mol. The van der Waals surface area contributed by atoms with Crippen LogP contribution in [0.5, 0.6) is 0 Å². The van der Waals surface area contributed by atoms with E-state index in [0.29, 0.717) is 17.4 Å². The lowest BCUT2D eigenvalue weighted by Crippen LogP contribution is -1.87. The average molecular weight is 215 g/mol. The number of benzene rings is 1. The molecule has 0 spiro atoms. The zero-order valence-corrected chi connectivity index (χ0v) is 9.31. The molecule has 0 fully saturated rings. The molecule has 0 atom stereocenters. The zero-order valence-electron chi connectivity index (χ0n) is 9.31. The van der Waals surface area contributed by atoms with E-state index < -0.39 is 0 Å². The van der Waals surface area contributed by atoms with Gasteiger partial charge in [-0.15, -0.1) is 0 Å². The number of nitrogens with zero attached hydrogens (tertiary/aromatic N) is 1. The molecule has 1 aromatic carbocycles. The van der Waals surface area contributed by atoms with E-state index in [0.717, 1.165) is 17.5 Å². The maximum Gasteiger partial charge on any atom is 0.226 e. The third kappa shape index (κ3) is 2.03. The minimum atomic E-state index is 0.340. The van der Waals surface area contributed by atoms with E-state index in [4.69, 9.17) is 4.42 Å². The van der Waals surface area contributed by atoms with Crippen LogP contribution in [0, 0.1) is 0 Å². The fourth-order valence-corrected chi connectivity index (χ4v) is 1.43. The van der Waals surface area contributed by atoms with E-state index in [-0.39, 0.29) is 0 Å². The van der Waals surface area contributed by atoms with Crippen molar-refractivity contribution in [3.05, 3.63) is 41.8 Å². The van der Waals surface area contributed by atoms with Crippen LogP contribution in [0.25, 0.3) is 11.5 Å². The molecule has 3 heteroatoms. The molecule has 1 aromatic heterocycles. The van der Waals surface area contributed by atoms with E-state index in [1.165, 1.54) is 0 Å². The van der Waals surface area contributed by atoms with Gasteiger partial charge in [-0.25, -0.2) is 4.98 Å². The minimum absolute atomic E-state index is 0.340. The second-order valence-corrected chi connectivity index (χ2v) is 3.98. The van der Waals surface area contributed by atoms with Crippen LogP contribution in [0.2, 0.25) is 0 Å². The highest BCUT2D eigenvalue weighted by Gasteiger charge is 2.09. The van der Waals surface area contributed by atoms with Crippen LogP contribution < -0.4 is 0 Å².